The number of sulfone groups is 1. The zero-order valence-electron chi connectivity index (χ0n) is 15.2. The Hall–Kier alpha value is -2.19. The lowest BCUT2D eigenvalue weighted by Crippen LogP contribution is -2.16. The molecule has 0 radical (unpaired) electrons. The molecule has 27 heavy (non-hydrogen) atoms. The Labute approximate surface area is 162 Å². The van der Waals surface area contributed by atoms with E-state index >= 15 is 0 Å². The van der Waals surface area contributed by atoms with Gasteiger partial charge in [-0.25, -0.2) is 13.2 Å². The maximum Gasteiger partial charge on any atom is 0.341 e. The van der Waals surface area contributed by atoms with Crippen LogP contribution in [0.2, 0.25) is 0 Å². The van der Waals surface area contributed by atoms with Crippen molar-refractivity contribution in [2.45, 2.75) is 38.0 Å². The summed E-state index contributed by atoms with van der Waals surface area (Å²) in [6.07, 6.45) is 2.66. The molecular weight excluding hydrogens is 386 g/mol. The van der Waals surface area contributed by atoms with Crippen LogP contribution in [0.15, 0.2) is 29.2 Å². The number of rotatable bonds is 6. The Balaban J connectivity index is 1.91. The van der Waals surface area contributed by atoms with Gasteiger partial charge in [0.05, 0.1) is 22.8 Å². The van der Waals surface area contributed by atoms with Crippen molar-refractivity contribution in [3.05, 3.63) is 45.8 Å². The summed E-state index contributed by atoms with van der Waals surface area (Å²) in [6.45, 7) is 3.55. The van der Waals surface area contributed by atoms with Gasteiger partial charge < -0.3 is 10.1 Å². The molecule has 144 valence electrons. The van der Waals surface area contributed by atoms with E-state index in [9.17, 15) is 18.0 Å². The summed E-state index contributed by atoms with van der Waals surface area (Å²) in [7, 11) is -3.40. The van der Waals surface area contributed by atoms with Crippen molar-refractivity contribution in [2.24, 2.45) is 0 Å². The molecule has 2 aromatic rings. The van der Waals surface area contributed by atoms with E-state index in [0.29, 0.717) is 10.6 Å². The summed E-state index contributed by atoms with van der Waals surface area (Å²) in [5.74, 6) is -0.925. The molecule has 3 rings (SSSR count). The number of carbonyl (C=O) groups excluding carboxylic acids is 2. The maximum atomic E-state index is 12.7. The van der Waals surface area contributed by atoms with Gasteiger partial charge in [-0.15, -0.1) is 11.3 Å². The Bertz CT molecular complexity index is 992. The quantitative estimate of drug-likeness (QED) is 0.741. The van der Waals surface area contributed by atoms with Gasteiger partial charge in [0.25, 0.3) is 5.91 Å². The van der Waals surface area contributed by atoms with Gasteiger partial charge in [-0.05, 0) is 49.9 Å². The second kappa shape index (κ2) is 7.82. The summed E-state index contributed by atoms with van der Waals surface area (Å²) < 4.78 is 29.3. The van der Waals surface area contributed by atoms with Crippen LogP contribution in [0.1, 0.15) is 51.4 Å². The third kappa shape index (κ3) is 3.91. The summed E-state index contributed by atoms with van der Waals surface area (Å²) in [5.41, 5.74) is 1.61. The molecule has 0 atom stereocenters. The van der Waals surface area contributed by atoms with Crippen molar-refractivity contribution in [3.63, 3.8) is 0 Å². The first kappa shape index (κ1) is 19.6. The first-order chi connectivity index (χ1) is 12.9. The molecule has 1 aromatic heterocycles. The summed E-state index contributed by atoms with van der Waals surface area (Å²) in [5, 5.41) is 3.24. The number of hydrogen-bond donors (Lipinski definition) is 1. The van der Waals surface area contributed by atoms with Crippen LogP contribution in [0, 0.1) is 0 Å². The highest BCUT2D eigenvalue weighted by atomic mass is 32.2. The lowest BCUT2D eigenvalue weighted by Gasteiger charge is -2.09. The first-order valence-electron chi connectivity index (χ1n) is 8.83. The van der Waals surface area contributed by atoms with Crippen LogP contribution in [0.3, 0.4) is 0 Å². The Morgan fingerprint density at radius 2 is 2.00 bits per heavy atom. The van der Waals surface area contributed by atoms with Gasteiger partial charge in [0.15, 0.2) is 9.84 Å². The van der Waals surface area contributed by atoms with E-state index in [-0.39, 0.29) is 22.8 Å². The molecule has 0 fully saturated rings. The molecule has 1 aliphatic carbocycles. The molecule has 0 aliphatic heterocycles. The fraction of sp³-hybridized carbons (Fsp3) is 0.368. The number of carbonyl (C=O) groups is 2. The van der Waals surface area contributed by atoms with Gasteiger partial charge in [-0.3, -0.25) is 4.79 Å². The minimum absolute atomic E-state index is 0.0390. The molecule has 0 saturated carbocycles. The monoisotopic (exact) mass is 407 g/mol. The number of benzene rings is 1. The smallest absolute Gasteiger partial charge is 0.341 e. The number of hydrogen-bond acceptors (Lipinski definition) is 6. The minimum atomic E-state index is -3.40. The Morgan fingerprint density at radius 1 is 1.22 bits per heavy atom. The van der Waals surface area contributed by atoms with Gasteiger partial charge in [-0.2, -0.15) is 0 Å². The topological polar surface area (TPSA) is 89.5 Å². The van der Waals surface area contributed by atoms with Gasteiger partial charge in [0, 0.05) is 10.4 Å². The van der Waals surface area contributed by atoms with Crippen molar-refractivity contribution >= 4 is 38.1 Å². The predicted molar refractivity (Wildman–Crippen MR) is 104 cm³/mol. The third-order valence-corrected chi connectivity index (χ3v) is 7.40. The summed E-state index contributed by atoms with van der Waals surface area (Å²) >= 11 is 1.39. The number of amides is 1. The average molecular weight is 408 g/mol. The van der Waals surface area contributed by atoms with Crippen LogP contribution in [-0.4, -0.2) is 32.7 Å². The van der Waals surface area contributed by atoms with E-state index in [0.717, 1.165) is 29.7 Å². The maximum absolute atomic E-state index is 12.7. The highest BCUT2D eigenvalue weighted by Gasteiger charge is 2.28. The van der Waals surface area contributed by atoms with Crippen molar-refractivity contribution in [2.75, 3.05) is 17.7 Å². The van der Waals surface area contributed by atoms with E-state index in [1.807, 2.05) is 0 Å². The van der Waals surface area contributed by atoms with E-state index < -0.39 is 21.7 Å². The molecule has 6 nitrogen and oxygen atoms in total. The highest BCUT2D eigenvalue weighted by molar-refractivity contribution is 7.91. The normalized spacial score (nSPS) is 13.3. The molecule has 1 N–H and O–H groups in total. The molecular formula is C19H21NO5S2. The molecule has 0 unspecified atom stereocenters. The molecule has 1 amide bonds. The van der Waals surface area contributed by atoms with Gasteiger partial charge in [-0.1, -0.05) is 13.0 Å². The summed E-state index contributed by atoms with van der Waals surface area (Å²) in [6, 6.07) is 5.92. The Kier molecular flexibility index (Phi) is 5.67. The SMILES string of the molecule is CCOC(=O)c1c(NC(=O)c2cccc(S(=O)(=O)CC)c2)sc2c1CCC2. The molecule has 1 heterocycles. The predicted octanol–water partition coefficient (Wildman–Crippen LogP) is 3.46. The van der Waals surface area contributed by atoms with Crippen LogP contribution in [-0.2, 0) is 27.4 Å². The highest BCUT2D eigenvalue weighted by Crippen LogP contribution is 2.39. The van der Waals surface area contributed by atoms with E-state index in [2.05, 4.69) is 5.32 Å². The first-order valence-corrected chi connectivity index (χ1v) is 11.3. The van der Waals surface area contributed by atoms with Crippen molar-refractivity contribution in [1.82, 2.24) is 0 Å². The number of aryl methyl sites for hydroxylation is 1. The van der Waals surface area contributed by atoms with Crippen molar-refractivity contribution in [3.8, 4) is 0 Å². The molecule has 0 spiro atoms. The number of nitrogens with one attached hydrogen (secondary N) is 1. The lowest BCUT2D eigenvalue weighted by molar-refractivity contribution is 0.0527. The second-order valence-electron chi connectivity index (χ2n) is 6.17. The fourth-order valence-corrected chi connectivity index (χ4v) is 5.28. The van der Waals surface area contributed by atoms with Crippen LogP contribution in [0.5, 0.6) is 0 Å². The fourth-order valence-electron chi connectivity index (χ4n) is 3.08. The number of esters is 1. The third-order valence-electron chi connectivity index (χ3n) is 4.46. The largest absolute Gasteiger partial charge is 0.462 e. The van der Waals surface area contributed by atoms with Crippen LogP contribution >= 0.6 is 11.3 Å². The van der Waals surface area contributed by atoms with Crippen molar-refractivity contribution < 1.29 is 22.7 Å². The van der Waals surface area contributed by atoms with Crippen LogP contribution in [0.25, 0.3) is 0 Å². The molecule has 1 aromatic carbocycles. The standard InChI is InChI=1S/C19H21NO5S2/c1-3-25-19(22)16-14-9-6-10-15(14)26-18(16)20-17(21)12-7-5-8-13(11-12)27(23,24)4-2/h5,7-8,11H,3-4,6,9-10H2,1-2H3,(H,20,21). The zero-order chi connectivity index (χ0) is 19.6. The summed E-state index contributed by atoms with van der Waals surface area (Å²) in [4.78, 5) is 26.3. The number of thiophene rings is 1. The Morgan fingerprint density at radius 3 is 2.70 bits per heavy atom. The van der Waals surface area contributed by atoms with Crippen molar-refractivity contribution in [1.29, 1.82) is 0 Å². The van der Waals surface area contributed by atoms with E-state index in [4.69, 9.17) is 4.74 Å². The van der Waals surface area contributed by atoms with Crippen LogP contribution in [0.4, 0.5) is 5.00 Å². The number of anilines is 1. The molecule has 1 aliphatic rings. The van der Waals surface area contributed by atoms with Crippen LogP contribution < -0.4 is 5.32 Å². The van der Waals surface area contributed by atoms with Gasteiger partial charge >= 0.3 is 5.97 Å². The van der Waals surface area contributed by atoms with E-state index in [1.54, 1.807) is 19.9 Å². The molecule has 0 saturated heterocycles. The minimum Gasteiger partial charge on any atom is -0.462 e. The van der Waals surface area contributed by atoms with Gasteiger partial charge in [0.2, 0.25) is 0 Å². The second-order valence-corrected chi connectivity index (χ2v) is 9.55. The van der Waals surface area contributed by atoms with Gasteiger partial charge in [0.1, 0.15) is 5.00 Å². The number of fused-ring (bicyclic) bond motifs is 1. The molecule has 0 bridgehead atoms. The van der Waals surface area contributed by atoms with E-state index in [1.165, 1.54) is 29.5 Å². The lowest BCUT2D eigenvalue weighted by atomic mass is 10.1. The zero-order valence-corrected chi connectivity index (χ0v) is 16.8. The molecule has 8 heteroatoms. The number of ether oxygens (including phenoxy) is 1. The average Bonchev–Trinajstić information content (AvgIpc) is 3.22.